The van der Waals surface area contributed by atoms with Gasteiger partial charge in [-0.15, -0.1) is 0 Å². The van der Waals surface area contributed by atoms with Crippen molar-refractivity contribution in [1.29, 1.82) is 0 Å². The molecule has 0 spiro atoms. The molecule has 0 saturated carbocycles. The molecule has 6 nitrogen and oxygen atoms in total. The normalized spacial score (nSPS) is 23.7. The smallest absolute Gasteiger partial charge is 0.417 e. The number of carbonyl (C=O) groups is 1. The molecule has 10 heteroatoms. The minimum absolute atomic E-state index is 0.106. The third-order valence-corrected chi connectivity index (χ3v) is 5.39. The Balaban J connectivity index is 2.28. The molecule has 0 amide bonds. The second-order valence-corrected chi connectivity index (χ2v) is 7.47. The SMILES string of the molecule is CC1CC(C(=O)O)CN(S(=O)(=O)c2ccc(C(F)(F)F)cn2)C1. The summed E-state index contributed by atoms with van der Waals surface area (Å²) in [6.07, 6.45) is -3.81. The summed E-state index contributed by atoms with van der Waals surface area (Å²) in [4.78, 5) is 14.5. The molecule has 23 heavy (non-hydrogen) atoms. The summed E-state index contributed by atoms with van der Waals surface area (Å²) in [7, 11) is -4.13. The first-order chi connectivity index (χ1) is 10.5. The van der Waals surface area contributed by atoms with Gasteiger partial charge in [-0.1, -0.05) is 6.92 Å². The first-order valence-electron chi connectivity index (χ1n) is 6.78. The number of halogens is 3. The molecule has 1 saturated heterocycles. The minimum atomic E-state index is -4.61. The van der Waals surface area contributed by atoms with E-state index in [4.69, 9.17) is 5.11 Å². The lowest BCUT2D eigenvalue weighted by atomic mass is 9.92. The summed E-state index contributed by atoms with van der Waals surface area (Å²) in [5.41, 5.74) is -1.05. The van der Waals surface area contributed by atoms with E-state index in [0.717, 1.165) is 10.4 Å². The van der Waals surface area contributed by atoms with Crippen molar-refractivity contribution < 1.29 is 31.5 Å². The largest absolute Gasteiger partial charge is 0.481 e. The van der Waals surface area contributed by atoms with Gasteiger partial charge in [-0.25, -0.2) is 13.4 Å². The molecule has 128 valence electrons. The lowest BCUT2D eigenvalue weighted by molar-refractivity contribution is -0.143. The number of sulfonamides is 1. The average Bonchev–Trinajstić information content (AvgIpc) is 2.45. The Morgan fingerprint density at radius 2 is 2.00 bits per heavy atom. The molecule has 0 bridgehead atoms. The topological polar surface area (TPSA) is 87.6 Å². The molecular formula is C13H15F3N2O4S. The average molecular weight is 352 g/mol. The molecule has 2 unspecified atom stereocenters. The second-order valence-electron chi connectivity index (χ2n) is 5.58. The number of aromatic nitrogens is 1. The van der Waals surface area contributed by atoms with Crippen LogP contribution in [0.5, 0.6) is 0 Å². The number of hydrogen-bond donors (Lipinski definition) is 1. The third kappa shape index (κ3) is 3.81. The molecule has 1 aromatic heterocycles. The van der Waals surface area contributed by atoms with E-state index in [1.165, 1.54) is 0 Å². The first-order valence-corrected chi connectivity index (χ1v) is 8.22. The molecule has 2 atom stereocenters. The van der Waals surface area contributed by atoms with Gasteiger partial charge >= 0.3 is 12.1 Å². The number of nitrogens with zero attached hydrogens (tertiary/aromatic N) is 2. The minimum Gasteiger partial charge on any atom is -0.481 e. The Labute approximate surface area is 131 Å². The maximum atomic E-state index is 12.5. The number of carboxylic acids is 1. The van der Waals surface area contributed by atoms with Crippen molar-refractivity contribution in [3.05, 3.63) is 23.9 Å². The molecule has 1 fully saturated rings. The molecule has 2 rings (SSSR count). The summed E-state index contributed by atoms with van der Waals surface area (Å²) in [6.45, 7) is 1.61. The Morgan fingerprint density at radius 1 is 1.35 bits per heavy atom. The summed E-state index contributed by atoms with van der Waals surface area (Å²) in [5.74, 6) is -2.12. The Kier molecular flexibility index (Phi) is 4.67. The van der Waals surface area contributed by atoms with Crippen molar-refractivity contribution in [1.82, 2.24) is 9.29 Å². The zero-order valence-electron chi connectivity index (χ0n) is 12.1. The molecule has 0 aromatic carbocycles. The first kappa shape index (κ1) is 17.7. The highest BCUT2D eigenvalue weighted by Crippen LogP contribution is 2.30. The van der Waals surface area contributed by atoms with E-state index in [1.807, 2.05) is 0 Å². The molecule has 0 aliphatic carbocycles. The highest BCUT2D eigenvalue weighted by atomic mass is 32.2. The highest BCUT2D eigenvalue weighted by molar-refractivity contribution is 7.89. The van der Waals surface area contributed by atoms with E-state index in [9.17, 15) is 26.4 Å². The fourth-order valence-electron chi connectivity index (χ4n) is 2.51. The van der Waals surface area contributed by atoms with Crippen LogP contribution in [0, 0.1) is 11.8 Å². The number of hydrogen-bond acceptors (Lipinski definition) is 4. The van der Waals surface area contributed by atoms with Gasteiger partial charge in [0.25, 0.3) is 10.0 Å². The van der Waals surface area contributed by atoms with E-state index >= 15 is 0 Å². The van der Waals surface area contributed by atoms with Crippen LogP contribution >= 0.6 is 0 Å². The maximum absolute atomic E-state index is 12.5. The molecule has 0 radical (unpaired) electrons. The zero-order chi connectivity index (χ0) is 17.4. The van der Waals surface area contributed by atoms with Crippen molar-refractivity contribution in [2.24, 2.45) is 11.8 Å². The Bertz CT molecular complexity index is 688. The molecule has 1 aliphatic heterocycles. The van der Waals surface area contributed by atoms with Crippen molar-refractivity contribution in [3.8, 4) is 0 Å². The molecule has 2 heterocycles. The number of pyridine rings is 1. The van der Waals surface area contributed by atoms with Crippen LogP contribution in [-0.4, -0.2) is 41.9 Å². The zero-order valence-corrected chi connectivity index (χ0v) is 12.9. The van der Waals surface area contributed by atoms with Crippen molar-refractivity contribution in [2.75, 3.05) is 13.1 Å². The molecule has 1 N–H and O–H groups in total. The standard InChI is InChI=1S/C13H15F3N2O4S/c1-8-4-9(12(19)20)7-18(6-8)23(21,22)11-3-2-10(5-17-11)13(14,15)16/h2-3,5,8-9H,4,6-7H2,1H3,(H,19,20). The van der Waals surface area contributed by atoms with Gasteiger partial charge in [-0.2, -0.15) is 17.5 Å². The van der Waals surface area contributed by atoms with Crippen LogP contribution in [0.25, 0.3) is 0 Å². The number of rotatable bonds is 3. The van der Waals surface area contributed by atoms with Crippen molar-refractivity contribution >= 4 is 16.0 Å². The van der Waals surface area contributed by atoms with Crippen molar-refractivity contribution in [2.45, 2.75) is 24.5 Å². The van der Waals surface area contributed by atoms with Gasteiger partial charge in [-0.05, 0) is 24.5 Å². The van der Waals surface area contributed by atoms with Gasteiger partial charge in [0, 0.05) is 19.3 Å². The van der Waals surface area contributed by atoms with Crippen LogP contribution in [0.3, 0.4) is 0 Å². The summed E-state index contributed by atoms with van der Waals surface area (Å²) in [6, 6.07) is 1.43. The van der Waals surface area contributed by atoms with E-state index < -0.39 is 38.7 Å². The fraction of sp³-hybridized carbons (Fsp3) is 0.538. The lowest BCUT2D eigenvalue weighted by Gasteiger charge is -2.33. The quantitative estimate of drug-likeness (QED) is 0.897. The Morgan fingerprint density at radius 3 is 2.48 bits per heavy atom. The lowest BCUT2D eigenvalue weighted by Crippen LogP contribution is -2.45. The fourth-order valence-corrected chi connectivity index (χ4v) is 4.03. The van der Waals surface area contributed by atoms with Gasteiger partial charge in [0.2, 0.25) is 0 Å². The third-order valence-electron chi connectivity index (χ3n) is 3.64. The van der Waals surface area contributed by atoms with Gasteiger partial charge in [0.05, 0.1) is 11.5 Å². The number of carboxylic acid groups (broad SMARTS) is 1. The van der Waals surface area contributed by atoms with E-state index in [-0.39, 0.29) is 19.0 Å². The molecule has 1 aliphatic rings. The van der Waals surface area contributed by atoms with E-state index in [2.05, 4.69) is 4.98 Å². The van der Waals surface area contributed by atoms with E-state index in [0.29, 0.717) is 18.7 Å². The number of aliphatic carboxylic acids is 1. The summed E-state index contributed by atoms with van der Waals surface area (Å²) >= 11 is 0. The van der Waals surface area contributed by atoms with Gasteiger partial charge < -0.3 is 5.11 Å². The van der Waals surface area contributed by atoms with Gasteiger partial charge in [0.15, 0.2) is 5.03 Å². The summed E-state index contributed by atoms with van der Waals surface area (Å²) in [5, 5.41) is 8.55. The Hall–Kier alpha value is -1.68. The number of piperidine rings is 1. The maximum Gasteiger partial charge on any atom is 0.417 e. The predicted octanol–water partition coefficient (Wildman–Crippen LogP) is 1.83. The van der Waals surface area contributed by atoms with Crippen LogP contribution in [0.1, 0.15) is 18.9 Å². The monoisotopic (exact) mass is 352 g/mol. The second kappa shape index (κ2) is 6.08. The molecule has 1 aromatic rings. The summed E-state index contributed by atoms with van der Waals surface area (Å²) < 4.78 is 63.4. The van der Waals surface area contributed by atoms with Crippen molar-refractivity contribution in [3.63, 3.8) is 0 Å². The molecular weight excluding hydrogens is 337 g/mol. The number of alkyl halides is 3. The van der Waals surface area contributed by atoms with Gasteiger partial charge in [0.1, 0.15) is 0 Å². The van der Waals surface area contributed by atoms with Crippen LogP contribution in [0.15, 0.2) is 23.4 Å². The van der Waals surface area contributed by atoms with E-state index in [1.54, 1.807) is 6.92 Å². The van der Waals surface area contributed by atoms with Gasteiger partial charge in [-0.3, -0.25) is 4.79 Å². The predicted molar refractivity (Wildman–Crippen MR) is 72.9 cm³/mol. The van der Waals surface area contributed by atoms with Crippen LogP contribution in [-0.2, 0) is 21.0 Å². The van der Waals surface area contributed by atoms with Crippen LogP contribution in [0.2, 0.25) is 0 Å². The van der Waals surface area contributed by atoms with Crippen LogP contribution < -0.4 is 0 Å². The highest BCUT2D eigenvalue weighted by Gasteiger charge is 2.37. The van der Waals surface area contributed by atoms with Crippen LogP contribution in [0.4, 0.5) is 13.2 Å².